The number of nitrogens with one attached hydrogen (secondary N) is 1. The van der Waals surface area contributed by atoms with Crippen LogP contribution in [0.3, 0.4) is 0 Å². The third-order valence-corrected chi connectivity index (χ3v) is 1.55. The first kappa shape index (κ1) is 15.7. The predicted octanol–water partition coefficient (Wildman–Crippen LogP) is 0.555. The molecule has 0 aliphatic heterocycles. The van der Waals surface area contributed by atoms with Crippen molar-refractivity contribution in [1.82, 2.24) is 5.43 Å². The van der Waals surface area contributed by atoms with Crippen molar-refractivity contribution in [2.75, 3.05) is 0 Å². The fourth-order valence-electron chi connectivity index (χ4n) is 0.938. The molecule has 0 amide bonds. The summed E-state index contributed by atoms with van der Waals surface area (Å²) in [5.74, 6) is -3.62. The Labute approximate surface area is 103 Å². The number of nitrogens with zero attached hydrogens (tertiary/aromatic N) is 3. The first-order valence-corrected chi connectivity index (χ1v) is 4.96. The minimum absolute atomic E-state index is 0.697. The molecule has 0 radical (unpaired) electrons. The number of esters is 1. The number of hydrogen-bond acceptors (Lipinski definition) is 5. The molecular formula is C9H14N4O5. The predicted molar refractivity (Wildman–Crippen MR) is 59.2 cm³/mol. The summed E-state index contributed by atoms with van der Waals surface area (Å²) >= 11 is 0. The van der Waals surface area contributed by atoms with Crippen molar-refractivity contribution in [2.24, 2.45) is 5.22 Å². The monoisotopic (exact) mass is 258 g/mol. The molecule has 9 nitrogen and oxygen atoms in total. The highest BCUT2D eigenvalue weighted by atomic mass is 16.6. The van der Waals surface area contributed by atoms with E-state index in [0.717, 1.165) is 0 Å². The molecule has 18 heavy (non-hydrogen) atoms. The van der Waals surface area contributed by atoms with Gasteiger partial charge in [0.1, 0.15) is 5.60 Å². The van der Waals surface area contributed by atoms with Crippen LogP contribution in [0.1, 0.15) is 27.2 Å². The normalized spacial score (nSPS) is 11.9. The van der Waals surface area contributed by atoms with Crippen LogP contribution in [0.25, 0.3) is 10.4 Å². The topological polar surface area (TPSA) is 141 Å². The molecule has 2 N–H and O–H groups in total. The molecule has 0 aromatic heterocycles. The summed E-state index contributed by atoms with van der Waals surface area (Å²) in [5, 5.41) is 11.4. The Morgan fingerprint density at radius 1 is 1.44 bits per heavy atom. The van der Waals surface area contributed by atoms with E-state index in [1.807, 2.05) is 5.43 Å². The highest BCUT2D eigenvalue weighted by Gasteiger charge is 2.33. The third kappa shape index (κ3) is 6.33. The third-order valence-electron chi connectivity index (χ3n) is 1.55. The lowest BCUT2D eigenvalue weighted by Gasteiger charge is -2.19. The number of carbonyl (C=O) groups excluding carboxylic acids is 2. The van der Waals surface area contributed by atoms with Gasteiger partial charge >= 0.3 is 11.9 Å². The van der Waals surface area contributed by atoms with Gasteiger partial charge in [-0.1, -0.05) is 0 Å². The van der Waals surface area contributed by atoms with Crippen molar-refractivity contribution in [3.63, 3.8) is 0 Å². The Morgan fingerprint density at radius 2 is 2.00 bits per heavy atom. The van der Waals surface area contributed by atoms with Crippen LogP contribution < -0.4 is 5.43 Å². The van der Waals surface area contributed by atoms with E-state index in [9.17, 15) is 14.4 Å². The van der Waals surface area contributed by atoms with E-state index < -0.39 is 35.8 Å². The number of azide groups is 1. The molecule has 0 rings (SSSR count). The highest BCUT2D eigenvalue weighted by molar-refractivity contribution is 6.36. The maximum absolute atomic E-state index is 11.6. The fraction of sp³-hybridized carbons (Fsp3) is 0.667. The number of aliphatic carboxylic acids is 1. The molecule has 0 fully saturated rings. The van der Waals surface area contributed by atoms with Crippen molar-refractivity contribution in [3.05, 3.63) is 10.4 Å². The minimum atomic E-state index is -1.45. The minimum Gasteiger partial charge on any atom is -0.481 e. The van der Waals surface area contributed by atoms with Gasteiger partial charge in [0.05, 0.1) is 6.42 Å². The summed E-state index contributed by atoms with van der Waals surface area (Å²) in [5.41, 5.74) is 9.15. The Kier molecular flexibility index (Phi) is 5.64. The van der Waals surface area contributed by atoms with E-state index in [1.54, 1.807) is 20.8 Å². The zero-order valence-electron chi connectivity index (χ0n) is 10.2. The van der Waals surface area contributed by atoms with Gasteiger partial charge in [0, 0.05) is 0 Å². The molecule has 100 valence electrons. The number of Topliss-reactive ketones (excluding diaryl/α,β-unsaturated/α-hetero) is 1. The first-order valence-electron chi connectivity index (χ1n) is 4.96. The zero-order valence-corrected chi connectivity index (χ0v) is 10.2. The first-order chi connectivity index (χ1) is 8.17. The van der Waals surface area contributed by atoms with Gasteiger partial charge in [-0.25, -0.2) is 10.2 Å². The molecule has 0 saturated carbocycles. The van der Waals surface area contributed by atoms with Crippen LogP contribution in [0.15, 0.2) is 5.22 Å². The smallest absolute Gasteiger partial charge is 0.379 e. The van der Waals surface area contributed by atoms with Crippen LogP contribution in [0.4, 0.5) is 0 Å². The second-order valence-electron chi connectivity index (χ2n) is 4.34. The van der Waals surface area contributed by atoms with Gasteiger partial charge in [-0.05, 0) is 26.0 Å². The maximum Gasteiger partial charge on any atom is 0.379 e. The lowest BCUT2D eigenvalue weighted by molar-refractivity contribution is -0.163. The Hall–Kier alpha value is -2.28. The van der Waals surface area contributed by atoms with Crippen LogP contribution in [0.2, 0.25) is 0 Å². The standard InChI is InChI=1S/C9H14N4O5/c1-9(2,3)18-8(17)7(16)5(4-6(14)15)11-13-12-10/h5,11H,4H2,1-3H3,(H,14,15). The van der Waals surface area contributed by atoms with E-state index in [-0.39, 0.29) is 0 Å². The van der Waals surface area contributed by atoms with E-state index in [4.69, 9.17) is 15.4 Å². The highest BCUT2D eigenvalue weighted by Crippen LogP contribution is 2.08. The van der Waals surface area contributed by atoms with Crippen LogP contribution in [-0.4, -0.2) is 34.5 Å². The summed E-state index contributed by atoms with van der Waals surface area (Å²) in [4.78, 5) is 35.8. The van der Waals surface area contributed by atoms with Crippen LogP contribution >= 0.6 is 0 Å². The van der Waals surface area contributed by atoms with Gasteiger partial charge in [-0.3, -0.25) is 9.59 Å². The summed E-state index contributed by atoms with van der Waals surface area (Å²) < 4.78 is 4.79. The van der Waals surface area contributed by atoms with Gasteiger partial charge in [-0.2, -0.15) is 4.91 Å². The summed E-state index contributed by atoms with van der Waals surface area (Å²) in [7, 11) is 0. The SMILES string of the molecule is CC(C)(C)OC(=O)C(=O)C(CC(=O)O)NN=[N+]=[N-]. The molecule has 0 saturated heterocycles. The largest absolute Gasteiger partial charge is 0.481 e. The van der Waals surface area contributed by atoms with Crippen LogP contribution in [-0.2, 0) is 19.1 Å². The van der Waals surface area contributed by atoms with Gasteiger partial charge < -0.3 is 9.84 Å². The number of ether oxygens (including phenoxy) is 1. The Bertz CT molecular complexity index is 390. The van der Waals surface area contributed by atoms with Gasteiger partial charge in [0.2, 0.25) is 0 Å². The maximum atomic E-state index is 11.6. The lowest BCUT2D eigenvalue weighted by atomic mass is 10.1. The van der Waals surface area contributed by atoms with Crippen molar-refractivity contribution in [1.29, 1.82) is 0 Å². The number of rotatable bonds is 6. The molecule has 0 spiro atoms. The molecule has 1 unspecified atom stereocenters. The van der Waals surface area contributed by atoms with E-state index in [1.165, 1.54) is 0 Å². The molecule has 0 aliphatic rings. The Morgan fingerprint density at radius 3 is 2.39 bits per heavy atom. The summed E-state index contributed by atoms with van der Waals surface area (Å²) in [6.45, 7) is 4.68. The van der Waals surface area contributed by atoms with Crippen molar-refractivity contribution >= 4 is 17.7 Å². The second kappa shape index (κ2) is 6.45. The second-order valence-corrected chi connectivity index (χ2v) is 4.34. The van der Waals surface area contributed by atoms with E-state index in [2.05, 4.69) is 10.1 Å². The molecule has 0 aromatic rings. The number of carboxylic acids is 1. The molecule has 0 aromatic carbocycles. The molecule has 1 atom stereocenters. The number of carboxylic acid groups (broad SMARTS) is 1. The summed E-state index contributed by atoms with van der Waals surface area (Å²) in [6, 6.07) is -1.45. The van der Waals surface area contributed by atoms with Crippen LogP contribution in [0, 0.1) is 0 Å². The van der Waals surface area contributed by atoms with E-state index in [0.29, 0.717) is 0 Å². The number of carbonyl (C=O) groups is 3. The van der Waals surface area contributed by atoms with Crippen molar-refractivity contribution < 1.29 is 24.2 Å². The molecule has 0 bridgehead atoms. The van der Waals surface area contributed by atoms with Crippen LogP contribution in [0.5, 0.6) is 0 Å². The van der Waals surface area contributed by atoms with E-state index >= 15 is 0 Å². The summed E-state index contributed by atoms with van der Waals surface area (Å²) in [6.07, 6.45) is -0.697. The number of hydrogen-bond donors (Lipinski definition) is 2. The van der Waals surface area contributed by atoms with Gasteiger partial charge in [0.25, 0.3) is 5.78 Å². The average Bonchev–Trinajstić information content (AvgIpc) is 2.20. The number of ketones is 1. The zero-order chi connectivity index (χ0) is 14.3. The van der Waals surface area contributed by atoms with Gasteiger partial charge in [-0.15, -0.1) is 5.53 Å². The quantitative estimate of drug-likeness (QED) is 0.178. The average molecular weight is 258 g/mol. The Balaban J connectivity index is 4.78. The van der Waals surface area contributed by atoms with Crippen molar-refractivity contribution in [3.8, 4) is 0 Å². The molecule has 0 aliphatic carbocycles. The van der Waals surface area contributed by atoms with Gasteiger partial charge in [0.15, 0.2) is 6.04 Å². The molecule has 0 heterocycles. The lowest BCUT2D eigenvalue weighted by Crippen LogP contribution is -2.42. The molecule has 9 heteroatoms. The fourth-order valence-corrected chi connectivity index (χ4v) is 0.938. The molecular weight excluding hydrogens is 244 g/mol. The van der Waals surface area contributed by atoms with Crippen molar-refractivity contribution in [2.45, 2.75) is 38.8 Å².